The number of aryl methyl sites for hydroxylation is 1. The summed E-state index contributed by atoms with van der Waals surface area (Å²) in [5, 5.41) is 15.6. The van der Waals surface area contributed by atoms with E-state index in [2.05, 4.69) is 35.3 Å². The van der Waals surface area contributed by atoms with Crippen molar-refractivity contribution in [2.75, 3.05) is 36.5 Å². The minimum Gasteiger partial charge on any atom is -0.474 e. The Labute approximate surface area is 202 Å². The van der Waals surface area contributed by atoms with Gasteiger partial charge in [0.25, 0.3) is 0 Å². The van der Waals surface area contributed by atoms with Crippen molar-refractivity contribution >= 4 is 28.4 Å². The normalized spacial score (nSPS) is 20.8. The highest BCUT2D eigenvalue weighted by Gasteiger charge is 2.25. The molecule has 1 aliphatic heterocycles. The Hall–Kier alpha value is -3.80. The molecule has 1 N–H and O–H groups in total. The molecule has 0 spiro atoms. The van der Waals surface area contributed by atoms with Crippen LogP contribution in [0.5, 0.6) is 5.88 Å². The van der Waals surface area contributed by atoms with Crippen molar-refractivity contribution in [1.82, 2.24) is 39.7 Å². The van der Waals surface area contributed by atoms with Crippen LogP contribution in [-0.4, -0.2) is 72.1 Å². The molecule has 0 amide bonds. The molecule has 4 aromatic rings. The summed E-state index contributed by atoms with van der Waals surface area (Å²) in [5.74, 6) is 2.01. The SMILES string of the molecule is Cn1nnnc1Nc1cnc2cc(N3CCOCC3)nc(OC3CCC(n4ccnc4)CC3)c2c1. The quantitative estimate of drug-likeness (QED) is 0.444. The molecule has 1 saturated heterocycles. The van der Waals surface area contributed by atoms with Crippen LogP contribution < -0.4 is 15.0 Å². The molecule has 182 valence electrons. The van der Waals surface area contributed by atoms with E-state index in [1.807, 2.05) is 30.9 Å². The smallest absolute Gasteiger partial charge is 0.247 e. The molecule has 2 aliphatic rings. The summed E-state index contributed by atoms with van der Waals surface area (Å²) < 4.78 is 15.9. The van der Waals surface area contributed by atoms with Crippen LogP contribution in [0, 0.1) is 0 Å². The molecular weight excluding hydrogens is 448 g/mol. The van der Waals surface area contributed by atoms with Gasteiger partial charge in [-0.25, -0.2) is 9.67 Å². The number of fused-ring (bicyclic) bond motifs is 1. The van der Waals surface area contributed by atoms with E-state index < -0.39 is 0 Å². The second kappa shape index (κ2) is 9.45. The molecule has 6 rings (SSSR count). The van der Waals surface area contributed by atoms with Gasteiger partial charge in [-0.3, -0.25) is 4.98 Å². The number of imidazole rings is 1. The number of anilines is 3. The first kappa shape index (κ1) is 21.7. The molecule has 0 aromatic carbocycles. The lowest BCUT2D eigenvalue weighted by atomic mass is 9.93. The molecule has 2 fully saturated rings. The lowest BCUT2D eigenvalue weighted by Gasteiger charge is -2.31. The Balaban J connectivity index is 1.28. The van der Waals surface area contributed by atoms with Crippen molar-refractivity contribution in [1.29, 1.82) is 0 Å². The minimum absolute atomic E-state index is 0.102. The maximum absolute atomic E-state index is 6.57. The Morgan fingerprint density at radius 1 is 1.11 bits per heavy atom. The molecule has 0 unspecified atom stereocenters. The first-order valence-corrected chi connectivity index (χ1v) is 12.0. The summed E-state index contributed by atoms with van der Waals surface area (Å²) in [5.41, 5.74) is 1.61. The number of hydrogen-bond acceptors (Lipinski definition) is 10. The number of hydrogen-bond donors (Lipinski definition) is 1. The molecule has 0 radical (unpaired) electrons. The molecule has 0 atom stereocenters. The summed E-state index contributed by atoms with van der Waals surface area (Å²) in [6, 6.07) is 4.50. The van der Waals surface area contributed by atoms with Crippen LogP contribution in [-0.2, 0) is 11.8 Å². The predicted molar refractivity (Wildman–Crippen MR) is 129 cm³/mol. The third-order valence-corrected chi connectivity index (χ3v) is 6.71. The molecule has 1 saturated carbocycles. The Kier molecular flexibility index (Phi) is 5.86. The number of tetrazole rings is 1. The molecule has 1 aliphatic carbocycles. The lowest BCUT2D eigenvalue weighted by molar-refractivity contribution is 0.121. The fourth-order valence-electron chi connectivity index (χ4n) is 4.76. The maximum atomic E-state index is 6.57. The second-order valence-corrected chi connectivity index (χ2v) is 8.99. The Morgan fingerprint density at radius 2 is 1.97 bits per heavy atom. The van der Waals surface area contributed by atoms with Gasteiger partial charge in [0.15, 0.2) is 0 Å². The van der Waals surface area contributed by atoms with Gasteiger partial charge in [0, 0.05) is 44.6 Å². The van der Waals surface area contributed by atoms with Crippen LogP contribution in [0.15, 0.2) is 37.1 Å². The third kappa shape index (κ3) is 4.61. The predicted octanol–water partition coefficient (Wildman–Crippen LogP) is 2.49. The molecule has 5 heterocycles. The molecule has 12 nitrogen and oxygen atoms in total. The zero-order valence-electron chi connectivity index (χ0n) is 19.6. The zero-order valence-corrected chi connectivity index (χ0v) is 19.6. The van der Waals surface area contributed by atoms with E-state index in [-0.39, 0.29) is 6.10 Å². The monoisotopic (exact) mass is 476 g/mol. The molecular formula is C23H28N10O2. The van der Waals surface area contributed by atoms with Gasteiger partial charge < -0.3 is 24.3 Å². The van der Waals surface area contributed by atoms with E-state index >= 15 is 0 Å². The van der Waals surface area contributed by atoms with Crippen LogP contribution in [0.3, 0.4) is 0 Å². The van der Waals surface area contributed by atoms with Crippen molar-refractivity contribution in [2.45, 2.75) is 37.8 Å². The number of nitrogens with zero attached hydrogens (tertiary/aromatic N) is 9. The first-order chi connectivity index (χ1) is 17.2. The van der Waals surface area contributed by atoms with Gasteiger partial charge >= 0.3 is 0 Å². The van der Waals surface area contributed by atoms with Crippen LogP contribution in [0.25, 0.3) is 10.9 Å². The summed E-state index contributed by atoms with van der Waals surface area (Å²) in [6.07, 6.45) is 11.7. The topological polar surface area (TPSA) is 121 Å². The zero-order chi connectivity index (χ0) is 23.6. The Bertz CT molecular complexity index is 1280. The standard InChI is InChI=1S/C23H28N10O2/c1-31-23(28-29-30-31)26-16-12-19-20(25-14-16)13-21(32-8-10-34-11-9-32)27-22(19)35-18-4-2-17(3-5-18)33-7-6-24-15-33/h6-7,12-15,17-18H,2-5,8-11H2,1H3,(H,26,28,30). The van der Waals surface area contributed by atoms with Gasteiger partial charge in [0.2, 0.25) is 11.8 Å². The molecule has 4 aromatic heterocycles. The van der Waals surface area contributed by atoms with Crippen LogP contribution in [0.4, 0.5) is 17.5 Å². The van der Waals surface area contributed by atoms with E-state index in [9.17, 15) is 0 Å². The number of nitrogens with one attached hydrogen (secondary N) is 1. The highest BCUT2D eigenvalue weighted by Crippen LogP contribution is 2.35. The summed E-state index contributed by atoms with van der Waals surface area (Å²) in [7, 11) is 1.78. The number of pyridine rings is 2. The van der Waals surface area contributed by atoms with E-state index in [0.717, 1.165) is 61.2 Å². The van der Waals surface area contributed by atoms with Gasteiger partial charge in [-0.15, -0.1) is 0 Å². The van der Waals surface area contributed by atoms with Gasteiger partial charge in [0.05, 0.1) is 42.3 Å². The largest absolute Gasteiger partial charge is 0.474 e. The number of rotatable bonds is 6. The van der Waals surface area contributed by atoms with Crippen LogP contribution in [0.1, 0.15) is 31.7 Å². The fraction of sp³-hybridized carbons (Fsp3) is 0.478. The van der Waals surface area contributed by atoms with Crippen molar-refractivity contribution in [3.63, 3.8) is 0 Å². The van der Waals surface area contributed by atoms with Gasteiger partial charge in [-0.1, -0.05) is 5.10 Å². The summed E-state index contributed by atoms with van der Waals surface area (Å²) in [6.45, 7) is 2.98. The first-order valence-electron chi connectivity index (χ1n) is 12.0. The van der Waals surface area contributed by atoms with E-state index in [4.69, 9.17) is 19.4 Å². The minimum atomic E-state index is 0.102. The van der Waals surface area contributed by atoms with E-state index in [0.29, 0.717) is 31.1 Å². The van der Waals surface area contributed by atoms with Crippen LogP contribution in [0.2, 0.25) is 0 Å². The van der Waals surface area contributed by atoms with E-state index in [1.54, 1.807) is 17.9 Å². The molecule has 12 heteroatoms. The highest BCUT2D eigenvalue weighted by atomic mass is 16.5. The van der Waals surface area contributed by atoms with Crippen molar-refractivity contribution in [3.05, 3.63) is 37.1 Å². The average Bonchev–Trinajstić information content (AvgIpc) is 3.58. The van der Waals surface area contributed by atoms with Crippen LogP contribution >= 0.6 is 0 Å². The average molecular weight is 477 g/mol. The second-order valence-electron chi connectivity index (χ2n) is 8.99. The molecule has 35 heavy (non-hydrogen) atoms. The maximum Gasteiger partial charge on any atom is 0.247 e. The number of ether oxygens (including phenoxy) is 2. The van der Waals surface area contributed by atoms with Crippen molar-refractivity contribution < 1.29 is 9.47 Å². The lowest BCUT2D eigenvalue weighted by Crippen LogP contribution is -2.36. The third-order valence-electron chi connectivity index (χ3n) is 6.71. The number of aromatic nitrogens is 8. The Morgan fingerprint density at radius 3 is 2.71 bits per heavy atom. The summed E-state index contributed by atoms with van der Waals surface area (Å²) >= 11 is 0. The molecule has 0 bridgehead atoms. The van der Waals surface area contributed by atoms with E-state index in [1.165, 1.54) is 0 Å². The van der Waals surface area contributed by atoms with Crippen molar-refractivity contribution in [2.24, 2.45) is 7.05 Å². The highest BCUT2D eigenvalue weighted by molar-refractivity contribution is 5.88. The fourth-order valence-corrected chi connectivity index (χ4v) is 4.76. The van der Waals surface area contributed by atoms with Crippen molar-refractivity contribution in [3.8, 4) is 5.88 Å². The summed E-state index contributed by atoms with van der Waals surface area (Å²) in [4.78, 5) is 16.1. The van der Waals surface area contributed by atoms with Gasteiger partial charge in [0.1, 0.15) is 11.9 Å². The van der Waals surface area contributed by atoms with Gasteiger partial charge in [-0.05, 0) is 42.2 Å². The number of morpholine rings is 1. The van der Waals surface area contributed by atoms with Gasteiger partial charge in [-0.2, -0.15) is 4.98 Å².